The van der Waals surface area contributed by atoms with E-state index in [1.807, 2.05) is 60.7 Å². The number of hydrogen-bond acceptors (Lipinski definition) is 6. The molecule has 1 aliphatic heterocycles. The van der Waals surface area contributed by atoms with Crippen molar-refractivity contribution < 1.29 is 4.42 Å². The number of oxazole rings is 1. The first-order valence-electron chi connectivity index (χ1n) is 10.5. The molecule has 8 heteroatoms. The van der Waals surface area contributed by atoms with E-state index >= 15 is 0 Å². The number of piperazine rings is 1. The Morgan fingerprint density at radius 2 is 1.62 bits per heavy atom. The quantitative estimate of drug-likeness (QED) is 0.462. The monoisotopic (exact) mass is 447 g/mol. The first-order valence-corrected chi connectivity index (χ1v) is 10.9. The molecule has 0 atom stereocenters. The average molecular weight is 448 g/mol. The van der Waals surface area contributed by atoms with Crippen LogP contribution in [0.4, 0.5) is 5.69 Å². The third-order valence-corrected chi connectivity index (χ3v) is 5.93. The Morgan fingerprint density at radius 1 is 0.938 bits per heavy atom. The van der Waals surface area contributed by atoms with Gasteiger partial charge in [0.1, 0.15) is 11.3 Å². The molecule has 0 saturated carbocycles. The van der Waals surface area contributed by atoms with Crippen LogP contribution in [0, 0.1) is 0 Å². The maximum Gasteiger partial charge on any atom is 0.292 e. The molecular weight excluding hydrogens is 426 g/mol. The molecule has 0 bridgehead atoms. The molecule has 0 amide bonds. The molecule has 32 heavy (non-hydrogen) atoms. The van der Waals surface area contributed by atoms with E-state index in [0.717, 1.165) is 37.4 Å². The van der Waals surface area contributed by atoms with Gasteiger partial charge in [-0.3, -0.25) is 9.69 Å². The predicted molar refractivity (Wildman–Crippen MR) is 124 cm³/mol. The van der Waals surface area contributed by atoms with Gasteiger partial charge in [-0.25, -0.2) is 4.98 Å². The zero-order valence-electron chi connectivity index (χ0n) is 17.4. The van der Waals surface area contributed by atoms with E-state index in [4.69, 9.17) is 16.0 Å². The molecule has 0 N–H and O–H groups in total. The lowest BCUT2D eigenvalue weighted by Gasteiger charge is -2.35. The molecule has 2 aromatic carbocycles. The highest BCUT2D eigenvalue weighted by atomic mass is 35.5. The Kier molecular flexibility index (Phi) is 5.75. The molecular formula is C24H22ClN5O2. The normalized spacial score (nSPS) is 14.6. The Labute approximate surface area is 190 Å². The van der Waals surface area contributed by atoms with Gasteiger partial charge < -0.3 is 9.32 Å². The summed E-state index contributed by atoms with van der Waals surface area (Å²) in [6.45, 7) is 3.86. The summed E-state index contributed by atoms with van der Waals surface area (Å²) in [7, 11) is 0. The zero-order chi connectivity index (χ0) is 21.9. The van der Waals surface area contributed by atoms with Gasteiger partial charge in [-0.15, -0.1) is 0 Å². The molecule has 0 radical (unpaired) electrons. The lowest BCUT2D eigenvalue weighted by Crippen LogP contribution is -2.46. The SMILES string of the molecule is O=c1c(Cl)c(N2CCN(Cc3coc(-c4ccccc4)n3)CC2)cnn1-c1ccccc1. The number of para-hydroxylation sites is 1. The van der Waals surface area contributed by atoms with Crippen LogP contribution in [0.25, 0.3) is 17.1 Å². The summed E-state index contributed by atoms with van der Waals surface area (Å²) in [5.41, 5.74) is 2.93. The van der Waals surface area contributed by atoms with Crippen LogP contribution in [0.3, 0.4) is 0 Å². The van der Waals surface area contributed by atoms with E-state index in [1.165, 1.54) is 4.68 Å². The third-order valence-electron chi connectivity index (χ3n) is 5.57. The van der Waals surface area contributed by atoms with Crippen molar-refractivity contribution in [3.63, 3.8) is 0 Å². The molecule has 2 aromatic heterocycles. The largest absolute Gasteiger partial charge is 0.444 e. The molecule has 4 aromatic rings. The van der Waals surface area contributed by atoms with E-state index in [-0.39, 0.29) is 10.6 Å². The molecule has 1 aliphatic rings. The number of aromatic nitrogens is 3. The number of rotatable bonds is 5. The van der Waals surface area contributed by atoms with E-state index in [9.17, 15) is 4.79 Å². The van der Waals surface area contributed by atoms with Crippen molar-refractivity contribution in [1.29, 1.82) is 0 Å². The number of hydrogen-bond donors (Lipinski definition) is 0. The summed E-state index contributed by atoms with van der Waals surface area (Å²) in [6, 6.07) is 19.2. The Bertz CT molecular complexity index is 1250. The van der Waals surface area contributed by atoms with Gasteiger partial charge in [0.2, 0.25) is 5.89 Å². The molecule has 0 aliphatic carbocycles. The fraction of sp³-hybridized carbons (Fsp3) is 0.208. The second kappa shape index (κ2) is 8.98. The summed E-state index contributed by atoms with van der Waals surface area (Å²) >= 11 is 6.46. The summed E-state index contributed by atoms with van der Waals surface area (Å²) < 4.78 is 6.98. The Morgan fingerprint density at radius 3 is 2.34 bits per heavy atom. The van der Waals surface area contributed by atoms with E-state index in [1.54, 1.807) is 12.5 Å². The van der Waals surface area contributed by atoms with Gasteiger partial charge in [0.15, 0.2) is 0 Å². The van der Waals surface area contributed by atoms with Crippen molar-refractivity contribution in [2.24, 2.45) is 0 Å². The summed E-state index contributed by atoms with van der Waals surface area (Å²) in [5, 5.41) is 4.54. The van der Waals surface area contributed by atoms with Crippen LogP contribution in [0.2, 0.25) is 5.02 Å². The van der Waals surface area contributed by atoms with Gasteiger partial charge in [-0.05, 0) is 24.3 Å². The molecule has 7 nitrogen and oxygen atoms in total. The minimum atomic E-state index is -0.311. The van der Waals surface area contributed by atoms with Crippen LogP contribution in [0.1, 0.15) is 5.69 Å². The maximum atomic E-state index is 12.8. The molecule has 3 heterocycles. The van der Waals surface area contributed by atoms with Gasteiger partial charge in [-0.1, -0.05) is 48.0 Å². The topological polar surface area (TPSA) is 67.4 Å². The van der Waals surface area contributed by atoms with Gasteiger partial charge in [0.05, 0.1) is 23.3 Å². The second-order valence-corrected chi connectivity index (χ2v) is 8.05. The fourth-order valence-electron chi connectivity index (χ4n) is 3.87. The van der Waals surface area contributed by atoms with Crippen molar-refractivity contribution >= 4 is 17.3 Å². The van der Waals surface area contributed by atoms with Crippen molar-refractivity contribution in [3.8, 4) is 17.1 Å². The van der Waals surface area contributed by atoms with Crippen molar-refractivity contribution in [2.75, 3.05) is 31.1 Å². The zero-order valence-corrected chi connectivity index (χ0v) is 18.2. The van der Waals surface area contributed by atoms with Gasteiger partial charge in [0.25, 0.3) is 5.56 Å². The molecule has 0 spiro atoms. The fourth-order valence-corrected chi connectivity index (χ4v) is 4.11. The minimum absolute atomic E-state index is 0.196. The molecule has 162 valence electrons. The standard InChI is InChI=1S/C24H22ClN5O2/c25-22-21(15-26-30(24(22)31)20-9-5-2-6-10-20)29-13-11-28(12-14-29)16-19-17-32-23(27-19)18-7-3-1-4-8-18/h1-10,15,17H,11-14,16H2. The molecule has 5 rings (SSSR count). The first kappa shape index (κ1) is 20.5. The maximum absolute atomic E-state index is 12.8. The molecule has 1 fully saturated rings. The number of halogens is 1. The first-order chi connectivity index (χ1) is 15.7. The van der Waals surface area contributed by atoms with E-state index in [2.05, 4.69) is 19.9 Å². The van der Waals surface area contributed by atoms with E-state index < -0.39 is 0 Å². The number of nitrogens with zero attached hydrogens (tertiary/aromatic N) is 5. The van der Waals surface area contributed by atoms with Crippen LogP contribution >= 0.6 is 11.6 Å². The van der Waals surface area contributed by atoms with Gasteiger partial charge in [0, 0.05) is 38.3 Å². The van der Waals surface area contributed by atoms with Crippen LogP contribution in [-0.4, -0.2) is 45.8 Å². The smallest absolute Gasteiger partial charge is 0.292 e. The summed E-state index contributed by atoms with van der Waals surface area (Å²) in [4.78, 5) is 21.8. The van der Waals surface area contributed by atoms with Crippen molar-refractivity contribution in [1.82, 2.24) is 19.7 Å². The highest BCUT2D eigenvalue weighted by Gasteiger charge is 2.22. The summed E-state index contributed by atoms with van der Waals surface area (Å²) in [5.74, 6) is 0.635. The number of benzene rings is 2. The van der Waals surface area contributed by atoms with Crippen molar-refractivity contribution in [2.45, 2.75) is 6.54 Å². The predicted octanol–water partition coefficient (Wildman–Crippen LogP) is 3.86. The van der Waals surface area contributed by atoms with Gasteiger partial charge >= 0.3 is 0 Å². The lowest BCUT2D eigenvalue weighted by molar-refractivity contribution is 0.247. The van der Waals surface area contributed by atoms with Crippen LogP contribution in [0.15, 0.2) is 82.3 Å². The summed E-state index contributed by atoms with van der Waals surface area (Å²) in [6.07, 6.45) is 3.40. The second-order valence-electron chi connectivity index (χ2n) is 7.67. The van der Waals surface area contributed by atoms with Crippen LogP contribution in [-0.2, 0) is 6.54 Å². The third kappa shape index (κ3) is 4.17. The molecule has 1 saturated heterocycles. The van der Waals surface area contributed by atoms with Gasteiger partial charge in [-0.2, -0.15) is 9.78 Å². The minimum Gasteiger partial charge on any atom is -0.444 e. The van der Waals surface area contributed by atoms with E-state index in [0.29, 0.717) is 23.8 Å². The highest BCUT2D eigenvalue weighted by Crippen LogP contribution is 2.24. The Balaban J connectivity index is 1.24. The average Bonchev–Trinajstić information content (AvgIpc) is 3.31. The Hall–Kier alpha value is -3.42. The lowest BCUT2D eigenvalue weighted by atomic mass is 10.2. The highest BCUT2D eigenvalue weighted by molar-refractivity contribution is 6.33. The van der Waals surface area contributed by atoms with Crippen LogP contribution < -0.4 is 10.5 Å². The number of anilines is 1. The molecule has 0 unspecified atom stereocenters. The van der Waals surface area contributed by atoms with Crippen LogP contribution in [0.5, 0.6) is 0 Å². The van der Waals surface area contributed by atoms with Crippen molar-refractivity contribution in [3.05, 3.63) is 94.2 Å².